The third kappa shape index (κ3) is 4.44. The fourth-order valence-electron chi connectivity index (χ4n) is 2.86. The molecular weight excluding hydrogens is 339 g/mol. The summed E-state index contributed by atoms with van der Waals surface area (Å²) in [5, 5.41) is 27.5. The Labute approximate surface area is 148 Å². The van der Waals surface area contributed by atoms with Crippen molar-refractivity contribution < 1.29 is 24.7 Å². The van der Waals surface area contributed by atoms with E-state index in [1.807, 2.05) is 26.0 Å². The van der Waals surface area contributed by atoms with Crippen molar-refractivity contribution in [3.05, 3.63) is 63.7 Å². The van der Waals surface area contributed by atoms with E-state index in [1.54, 1.807) is 12.1 Å². The summed E-state index contributed by atoms with van der Waals surface area (Å²) < 4.78 is 11.2. The summed E-state index contributed by atoms with van der Waals surface area (Å²) in [5.41, 5.74) is 4.81. The Kier molecular flexibility index (Phi) is 5.61. The first-order valence-electron chi connectivity index (χ1n) is 7.84. The number of phenols is 1. The molecule has 6 heteroatoms. The predicted molar refractivity (Wildman–Crippen MR) is 95.3 cm³/mol. The van der Waals surface area contributed by atoms with E-state index in [9.17, 15) is 19.6 Å². The molecule has 0 heterocycles. The minimum atomic E-state index is -1.43. The van der Waals surface area contributed by atoms with Crippen molar-refractivity contribution in [1.82, 2.24) is 0 Å². The van der Waals surface area contributed by atoms with Gasteiger partial charge in [0.25, 0.3) is 0 Å². The molecule has 0 amide bonds. The molecule has 2 aromatic carbocycles. The Morgan fingerprint density at radius 2 is 1.76 bits per heavy atom. The van der Waals surface area contributed by atoms with Crippen LogP contribution in [0.2, 0.25) is 0 Å². The number of aryl methyl sites for hydroxylation is 2. The maximum absolute atomic E-state index is 11.2. The molecule has 1 atom stereocenters. The zero-order chi connectivity index (χ0) is 18.8. The number of hydrogen-bond acceptors (Lipinski definition) is 4. The average Bonchev–Trinajstić information content (AvgIpc) is 2.53. The molecule has 0 aliphatic rings. The molecule has 1 unspecified atom stereocenters. The molecule has 3 N–H and O–H groups in total. The third-order valence-electron chi connectivity index (χ3n) is 4.29. The Balaban J connectivity index is 2.38. The second-order valence-corrected chi connectivity index (χ2v) is 7.46. The van der Waals surface area contributed by atoms with Crippen LogP contribution < -0.4 is 0 Å². The van der Waals surface area contributed by atoms with Crippen LogP contribution in [0.15, 0.2) is 30.3 Å². The van der Waals surface area contributed by atoms with Gasteiger partial charge in [-0.25, -0.2) is 0 Å². The van der Waals surface area contributed by atoms with Crippen molar-refractivity contribution in [3.63, 3.8) is 0 Å². The highest BCUT2D eigenvalue weighted by Crippen LogP contribution is 2.34. The van der Waals surface area contributed by atoms with E-state index in [2.05, 4.69) is 0 Å². The Bertz CT molecular complexity index is 804. The smallest absolute Gasteiger partial charge is 0.307 e. The Morgan fingerprint density at radius 3 is 2.28 bits per heavy atom. The predicted octanol–water partition coefficient (Wildman–Crippen LogP) is 3.68. The van der Waals surface area contributed by atoms with Gasteiger partial charge in [0.15, 0.2) is 13.8 Å². The number of aliphatic hydroxyl groups is 1. The van der Waals surface area contributed by atoms with Crippen LogP contribution in [0, 0.1) is 13.8 Å². The van der Waals surface area contributed by atoms with Crippen LogP contribution in [0.4, 0.5) is 0 Å². The highest BCUT2D eigenvalue weighted by Gasteiger charge is 2.25. The van der Waals surface area contributed by atoms with E-state index in [-0.39, 0.29) is 20.6 Å². The summed E-state index contributed by atoms with van der Waals surface area (Å²) in [4.78, 5) is 10.9. The van der Waals surface area contributed by atoms with E-state index < -0.39 is 11.3 Å². The van der Waals surface area contributed by atoms with Crippen LogP contribution in [-0.2, 0) is 27.5 Å². The quantitative estimate of drug-likeness (QED) is 0.683. The van der Waals surface area contributed by atoms with Crippen molar-refractivity contribution in [2.24, 2.45) is 0 Å². The number of aromatic hydroxyl groups is 1. The molecule has 132 valence electrons. The summed E-state index contributed by atoms with van der Waals surface area (Å²) in [7, 11) is -0.360. The highest BCUT2D eigenvalue weighted by molar-refractivity contribution is 7.25. The molecule has 5 nitrogen and oxygen atoms in total. The molecule has 0 bridgehead atoms. The number of carboxylic acid groups (broad SMARTS) is 1. The first-order valence-corrected chi connectivity index (χ1v) is 8.65. The lowest BCUT2D eigenvalue weighted by atomic mass is 9.92. The second kappa shape index (κ2) is 7.34. The van der Waals surface area contributed by atoms with Gasteiger partial charge in [-0.2, -0.15) is 0 Å². The minimum absolute atomic E-state index is 0.0274. The first-order chi connectivity index (χ1) is 11.6. The molecular formula is C19H21O5P. The van der Waals surface area contributed by atoms with Crippen LogP contribution >= 0.6 is 8.46 Å². The second-order valence-electron chi connectivity index (χ2n) is 6.41. The van der Waals surface area contributed by atoms with Crippen LogP contribution in [0.25, 0.3) is 0 Å². The van der Waals surface area contributed by atoms with Gasteiger partial charge in [0, 0.05) is 5.56 Å². The highest BCUT2D eigenvalue weighted by atomic mass is 31.1. The largest absolute Gasteiger partial charge is 0.508 e. The van der Waals surface area contributed by atoms with Crippen LogP contribution in [0.1, 0.15) is 40.3 Å². The molecule has 2 aromatic rings. The summed E-state index contributed by atoms with van der Waals surface area (Å²) in [5.74, 6) is -1.02. The minimum Gasteiger partial charge on any atom is -0.508 e. The normalized spacial score (nSPS) is 13.6. The monoisotopic (exact) mass is 360 g/mol. The third-order valence-corrected chi connectivity index (χ3v) is 4.90. The van der Waals surface area contributed by atoms with Gasteiger partial charge in [0.05, 0.1) is 6.42 Å². The zero-order valence-corrected chi connectivity index (χ0v) is 15.3. The number of benzene rings is 2. The van der Waals surface area contributed by atoms with E-state index >= 15 is 0 Å². The number of aliphatic carboxylic acids is 1. The number of carbonyl (C=O) groups is 1. The van der Waals surface area contributed by atoms with Gasteiger partial charge >= 0.3 is 5.97 Å². The maximum Gasteiger partial charge on any atom is 0.307 e. The lowest BCUT2D eigenvalue weighted by Gasteiger charge is -2.19. The van der Waals surface area contributed by atoms with E-state index in [0.29, 0.717) is 17.5 Å². The topological polar surface area (TPSA) is 94.8 Å². The Hall–Kier alpha value is -2.23. The van der Waals surface area contributed by atoms with Gasteiger partial charge in [-0.15, -0.1) is 0 Å². The van der Waals surface area contributed by atoms with Crippen molar-refractivity contribution >= 4 is 14.4 Å². The molecule has 2 rings (SSSR count). The van der Waals surface area contributed by atoms with Crippen molar-refractivity contribution in [2.45, 2.75) is 39.0 Å². The van der Waals surface area contributed by atoms with Gasteiger partial charge in [0.2, 0.25) is 0 Å². The summed E-state index contributed by atoms with van der Waals surface area (Å²) >= 11 is 0. The summed E-state index contributed by atoms with van der Waals surface area (Å²) in [6.07, 6.45) is 0.337. The van der Waals surface area contributed by atoms with Gasteiger partial charge in [-0.3, -0.25) is 9.36 Å². The fourth-order valence-corrected chi connectivity index (χ4v) is 3.09. The Morgan fingerprint density at radius 1 is 1.16 bits per heavy atom. The standard InChI is InChI=1S/C19H21O5P/c1-11-6-15(19(3,23)25-24)7-12(2)16(11)9-13-4-5-17(20)14(8-13)10-18(21)22/h4-8,20,23H,9-10H2,1-3H3,(H,21,22). The van der Waals surface area contributed by atoms with Crippen LogP contribution in [0.3, 0.4) is 0 Å². The fraction of sp³-hybridized carbons (Fsp3) is 0.316. The molecule has 0 aromatic heterocycles. The van der Waals surface area contributed by atoms with E-state index in [4.69, 9.17) is 5.11 Å². The van der Waals surface area contributed by atoms with Gasteiger partial charge < -0.3 is 15.3 Å². The van der Waals surface area contributed by atoms with E-state index in [1.165, 1.54) is 13.0 Å². The van der Waals surface area contributed by atoms with Crippen molar-refractivity contribution in [1.29, 1.82) is 0 Å². The zero-order valence-electron chi connectivity index (χ0n) is 14.4. The van der Waals surface area contributed by atoms with E-state index in [0.717, 1.165) is 22.3 Å². The van der Waals surface area contributed by atoms with Crippen molar-refractivity contribution in [2.75, 3.05) is 0 Å². The van der Waals surface area contributed by atoms with Crippen LogP contribution in [-0.4, -0.2) is 21.3 Å². The first kappa shape index (κ1) is 19.1. The molecule has 0 saturated heterocycles. The maximum atomic E-state index is 11.2. The van der Waals surface area contributed by atoms with Crippen LogP contribution in [0.5, 0.6) is 5.75 Å². The molecule has 25 heavy (non-hydrogen) atoms. The molecule has 0 aliphatic heterocycles. The molecule has 0 fully saturated rings. The van der Waals surface area contributed by atoms with Gasteiger partial charge in [-0.1, -0.05) is 24.3 Å². The number of carboxylic acids is 1. The molecule has 0 spiro atoms. The average molecular weight is 360 g/mol. The van der Waals surface area contributed by atoms with Crippen molar-refractivity contribution in [3.8, 4) is 5.75 Å². The summed E-state index contributed by atoms with van der Waals surface area (Å²) in [6, 6.07) is 8.59. The lowest BCUT2D eigenvalue weighted by Crippen LogP contribution is -2.13. The SMILES string of the molecule is Cc1cc(C(C)(O)P=O)cc(C)c1Cc1ccc(O)c(CC(=O)O)c1. The summed E-state index contributed by atoms with van der Waals surface area (Å²) in [6.45, 7) is 5.33. The number of rotatable bonds is 6. The van der Waals surface area contributed by atoms with Gasteiger partial charge in [0.1, 0.15) is 5.75 Å². The van der Waals surface area contributed by atoms with Gasteiger partial charge in [-0.05, 0) is 61.1 Å². The lowest BCUT2D eigenvalue weighted by molar-refractivity contribution is -0.136. The molecule has 0 radical (unpaired) electrons. The number of phenolic OH excluding ortho intramolecular Hbond substituents is 1. The number of hydrogen-bond donors (Lipinski definition) is 3. The molecule has 0 aliphatic carbocycles. The molecule has 0 saturated carbocycles.